The van der Waals surface area contributed by atoms with Crippen molar-refractivity contribution in [1.82, 2.24) is 0 Å². The zero-order valence-electron chi connectivity index (χ0n) is 10.1. The predicted octanol–water partition coefficient (Wildman–Crippen LogP) is 2.35. The SMILES string of the molecule is COCCN1c2cccc(O)c2C(C)C1C. The van der Waals surface area contributed by atoms with E-state index in [1.165, 1.54) is 0 Å². The van der Waals surface area contributed by atoms with Gasteiger partial charge >= 0.3 is 0 Å². The highest BCUT2D eigenvalue weighted by Gasteiger charge is 2.34. The number of phenols is 1. The van der Waals surface area contributed by atoms with Crippen LogP contribution in [0.1, 0.15) is 25.3 Å². The van der Waals surface area contributed by atoms with E-state index in [0.29, 0.717) is 24.3 Å². The quantitative estimate of drug-likeness (QED) is 0.850. The van der Waals surface area contributed by atoms with Crippen LogP contribution in [0.15, 0.2) is 18.2 Å². The Bertz CT molecular complexity index is 378. The van der Waals surface area contributed by atoms with Crippen molar-refractivity contribution in [2.45, 2.75) is 25.8 Å². The average molecular weight is 221 g/mol. The average Bonchev–Trinajstić information content (AvgIpc) is 2.51. The van der Waals surface area contributed by atoms with Crippen LogP contribution in [0.5, 0.6) is 5.75 Å². The third-order valence-electron chi connectivity index (χ3n) is 3.58. The van der Waals surface area contributed by atoms with Crippen LogP contribution < -0.4 is 4.90 Å². The van der Waals surface area contributed by atoms with E-state index in [-0.39, 0.29) is 0 Å². The summed E-state index contributed by atoms with van der Waals surface area (Å²) >= 11 is 0. The summed E-state index contributed by atoms with van der Waals surface area (Å²) in [6.45, 7) is 5.94. The molecule has 1 aromatic carbocycles. The molecular weight excluding hydrogens is 202 g/mol. The summed E-state index contributed by atoms with van der Waals surface area (Å²) in [5, 5.41) is 9.90. The molecule has 1 heterocycles. The van der Waals surface area contributed by atoms with Gasteiger partial charge in [-0.15, -0.1) is 0 Å². The predicted molar refractivity (Wildman–Crippen MR) is 65.2 cm³/mol. The van der Waals surface area contributed by atoms with Gasteiger partial charge in [-0.25, -0.2) is 0 Å². The minimum atomic E-state index is 0.369. The molecule has 1 N–H and O–H groups in total. The number of phenolic OH excluding ortho intramolecular Hbond substituents is 1. The highest BCUT2D eigenvalue weighted by Crippen LogP contribution is 2.44. The molecular formula is C13H19NO2. The lowest BCUT2D eigenvalue weighted by molar-refractivity contribution is 0.203. The number of anilines is 1. The molecule has 0 amide bonds. The molecule has 1 aliphatic heterocycles. The molecule has 0 spiro atoms. The fourth-order valence-electron chi connectivity index (χ4n) is 2.50. The maximum Gasteiger partial charge on any atom is 0.121 e. The molecule has 3 heteroatoms. The van der Waals surface area contributed by atoms with Gasteiger partial charge in [-0.2, -0.15) is 0 Å². The van der Waals surface area contributed by atoms with Crippen LogP contribution in [-0.4, -0.2) is 31.4 Å². The largest absolute Gasteiger partial charge is 0.508 e. The lowest BCUT2D eigenvalue weighted by atomic mass is 9.97. The Morgan fingerprint density at radius 2 is 2.12 bits per heavy atom. The van der Waals surface area contributed by atoms with Crippen LogP contribution in [0.4, 0.5) is 5.69 Å². The maximum atomic E-state index is 9.90. The van der Waals surface area contributed by atoms with Crippen molar-refractivity contribution in [3.8, 4) is 5.75 Å². The van der Waals surface area contributed by atoms with E-state index >= 15 is 0 Å². The molecule has 0 bridgehead atoms. The van der Waals surface area contributed by atoms with Gasteiger partial charge in [-0.05, 0) is 19.1 Å². The van der Waals surface area contributed by atoms with E-state index in [0.717, 1.165) is 17.8 Å². The Hall–Kier alpha value is -1.22. The molecule has 2 rings (SSSR count). The number of fused-ring (bicyclic) bond motifs is 1. The summed E-state index contributed by atoms with van der Waals surface area (Å²) in [4.78, 5) is 2.31. The third-order valence-corrected chi connectivity index (χ3v) is 3.58. The number of hydrogen-bond donors (Lipinski definition) is 1. The van der Waals surface area contributed by atoms with Crippen molar-refractivity contribution in [1.29, 1.82) is 0 Å². The molecule has 88 valence electrons. The van der Waals surface area contributed by atoms with Gasteiger partial charge in [0, 0.05) is 36.9 Å². The van der Waals surface area contributed by atoms with Gasteiger partial charge in [-0.3, -0.25) is 0 Å². The molecule has 0 saturated carbocycles. The summed E-state index contributed by atoms with van der Waals surface area (Å²) in [5.74, 6) is 0.782. The first-order valence-electron chi connectivity index (χ1n) is 5.74. The van der Waals surface area contributed by atoms with Crippen LogP contribution in [0.2, 0.25) is 0 Å². The van der Waals surface area contributed by atoms with Crippen LogP contribution in [0.25, 0.3) is 0 Å². The molecule has 0 saturated heterocycles. The van der Waals surface area contributed by atoms with Crippen molar-refractivity contribution in [3.05, 3.63) is 23.8 Å². The van der Waals surface area contributed by atoms with Crippen molar-refractivity contribution in [3.63, 3.8) is 0 Å². The number of ether oxygens (including phenoxy) is 1. The van der Waals surface area contributed by atoms with Gasteiger partial charge in [0.25, 0.3) is 0 Å². The summed E-state index contributed by atoms with van der Waals surface area (Å²) in [6.07, 6.45) is 0. The summed E-state index contributed by atoms with van der Waals surface area (Å²) < 4.78 is 5.13. The summed E-state index contributed by atoms with van der Waals surface area (Å²) in [7, 11) is 1.72. The fourth-order valence-corrected chi connectivity index (χ4v) is 2.50. The van der Waals surface area contributed by atoms with E-state index in [4.69, 9.17) is 4.74 Å². The standard InChI is InChI=1S/C13H19NO2/c1-9-10(2)14(7-8-16-3)11-5-4-6-12(15)13(9)11/h4-6,9-10,15H,7-8H2,1-3H3. The Kier molecular flexibility index (Phi) is 3.06. The van der Waals surface area contributed by atoms with Crippen molar-refractivity contribution in [2.24, 2.45) is 0 Å². The zero-order chi connectivity index (χ0) is 11.7. The highest BCUT2D eigenvalue weighted by molar-refractivity contribution is 5.66. The number of hydrogen-bond acceptors (Lipinski definition) is 3. The molecule has 1 aliphatic rings. The first-order valence-corrected chi connectivity index (χ1v) is 5.74. The fraction of sp³-hybridized carbons (Fsp3) is 0.538. The van der Waals surface area contributed by atoms with Crippen molar-refractivity contribution in [2.75, 3.05) is 25.2 Å². The second-order valence-corrected chi connectivity index (χ2v) is 4.43. The Balaban J connectivity index is 2.34. The first-order chi connectivity index (χ1) is 7.66. The van der Waals surface area contributed by atoms with E-state index in [1.54, 1.807) is 13.2 Å². The molecule has 2 unspecified atom stereocenters. The number of rotatable bonds is 3. The second kappa shape index (κ2) is 4.34. The summed E-state index contributed by atoms with van der Waals surface area (Å²) in [6, 6.07) is 6.16. The third kappa shape index (κ3) is 1.65. The van der Waals surface area contributed by atoms with E-state index in [1.807, 2.05) is 6.07 Å². The maximum absolute atomic E-state index is 9.90. The van der Waals surface area contributed by atoms with Crippen LogP contribution in [0, 0.1) is 0 Å². The Morgan fingerprint density at radius 1 is 1.38 bits per heavy atom. The van der Waals surface area contributed by atoms with E-state index < -0.39 is 0 Å². The number of methoxy groups -OCH3 is 1. The van der Waals surface area contributed by atoms with Gasteiger partial charge in [0.2, 0.25) is 0 Å². The Morgan fingerprint density at radius 3 is 2.81 bits per heavy atom. The second-order valence-electron chi connectivity index (χ2n) is 4.43. The van der Waals surface area contributed by atoms with Crippen LogP contribution >= 0.6 is 0 Å². The van der Waals surface area contributed by atoms with Crippen LogP contribution in [-0.2, 0) is 4.74 Å². The number of benzene rings is 1. The lowest BCUT2D eigenvalue weighted by Crippen LogP contribution is -2.33. The summed E-state index contributed by atoms with van der Waals surface area (Å²) in [5.41, 5.74) is 2.23. The molecule has 0 radical (unpaired) electrons. The zero-order valence-corrected chi connectivity index (χ0v) is 10.1. The topological polar surface area (TPSA) is 32.7 Å². The van der Waals surface area contributed by atoms with Gasteiger partial charge in [0.15, 0.2) is 0 Å². The molecule has 2 atom stereocenters. The molecule has 16 heavy (non-hydrogen) atoms. The van der Waals surface area contributed by atoms with Crippen molar-refractivity contribution >= 4 is 5.69 Å². The van der Waals surface area contributed by atoms with Gasteiger partial charge in [-0.1, -0.05) is 13.0 Å². The molecule has 0 aromatic heterocycles. The van der Waals surface area contributed by atoms with E-state index in [9.17, 15) is 5.11 Å². The van der Waals surface area contributed by atoms with E-state index in [2.05, 4.69) is 24.8 Å². The van der Waals surface area contributed by atoms with Crippen molar-refractivity contribution < 1.29 is 9.84 Å². The minimum Gasteiger partial charge on any atom is -0.508 e. The van der Waals surface area contributed by atoms with Crippen LogP contribution in [0.3, 0.4) is 0 Å². The monoisotopic (exact) mass is 221 g/mol. The molecule has 0 fully saturated rings. The molecule has 0 aliphatic carbocycles. The first kappa shape index (κ1) is 11.3. The van der Waals surface area contributed by atoms with Gasteiger partial charge in [0.1, 0.15) is 5.75 Å². The smallest absolute Gasteiger partial charge is 0.121 e. The highest BCUT2D eigenvalue weighted by atomic mass is 16.5. The number of nitrogens with zero attached hydrogens (tertiary/aromatic N) is 1. The number of aromatic hydroxyl groups is 1. The minimum absolute atomic E-state index is 0.369. The normalized spacial score (nSPS) is 23.6. The lowest BCUT2D eigenvalue weighted by Gasteiger charge is -2.25. The van der Waals surface area contributed by atoms with Gasteiger partial charge < -0.3 is 14.7 Å². The van der Waals surface area contributed by atoms with Gasteiger partial charge in [0.05, 0.1) is 6.61 Å². The molecule has 1 aromatic rings. The molecule has 3 nitrogen and oxygen atoms in total. The Labute approximate surface area is 96.6 Å².